The van der Waals surface area contributed by atoms with Gasteiger partial charge in [-0.1, -0.05) is 19.2 Å². The Balaban J connectivity index is 1.75. The van der Waals surface area contributed by atoms with Crippen molar-refractivity contribution in [3.63, 3.8) is 0 Å². The molecule has 0 aromatic rings. The normalized spacial score (nSPS) is 46.8. The molecule has 2 aliphatic heterocycles. The lowest BCUT2D eigenvalue weighted by Gasteiger charge is -2.37. The molecule has 0 bridgehead atoms. The highest BCUT2D eigenvalue weighted by Crippen LogP contribution is 2.65. The molecular weight excluding hydrogens is 336 g/mol. The number of epoxide rings is 1. The van der Waals surface area contributed by atoms with E-state index in [9.17, 15) is 14.7 Å². The van der Waals surface area contributed by atoms with E-state index in [4.69, 9.17) is 14.2 Å². The van der Waals surface area contributed by atoms with E-state index < -0.39 is 47.2 Å². The van der Waals surface area contributed by atoms with E-state index in [1.165, 1.54) is 0 Å². The van der Waals surface area contributed by atoms with Gasteiger partial charge in [-0.05, 0) is 26.3 Å². The summed E-state index contributed by atoms with van der Waals surface area (Å²) in [4.78, 5) is 24.6. The molecule has 2 saturated carbocycles. The molecule has 7 unspecified atom stereocenters. The predicted molar refractivity (Wildman–Crippen MR) is 91.9 cm³/mol. The van der Waals surface area contributed by atoms with Crippen LogP contribution in [-0.2, 0) is 23.8 Å². The summed E-state index contributed by atoms with van der Waals surface area (Å²) in [7, 11) is 0. The SMILES string of the molecule is C=C1C(=O)OC2C1C(OC(=O)C(C)=CC)CC(=C)C1(O)CC3OC3(C)C21. The number of carbonyl (C=O) groups is 2. The molecule has 0 aromatic carbocycles. The fourth-order valence-corrected chi connectivity index (χ4v) is 4.96. The summed E-state index contributed by atoms with van der Waals surface area (Å²) in [6.45, 7) is 13.3. The van der Waals surface area contributed by atoms with Crippen molar-refractivity contribution in [2.45, 2.75) is 63.1 Å². The van der Waals surface area contributed by atoms with E-state index >= 15 is 0 Å². The quantitative estimate of drug-likeness (QED) is 0.350. The van der Waals surface area contributed by atoms with Gasteiger partial charge in [0.05, 0.1) is 23.5 Å². The zero-order chi connectivity index (χ0) is 19.0. The van der Waals surface area contributed by atoms with Crippen LogP contribution in [0.3, 0.4) is 0 Å². The number of hydrogen-bond donors (Lipinski definition) is 1. The van der Waals surface area contributed by atoms with Crippen LogP contribution in [0, 0.1) is 11.8 Å². The van der Waals surface area contributed by atoms with Crippen LogP contribution in [0.25, 0.3) is 0 Å². The summed E-state index contributed by atoms with van der Waals surface area (Å²) in [5.41, 5.74) is -0.431. The second-order valence-corrected chi connectivity index (χ2v) is 8.04. The summed E-state index contributed by atoms with van der Waals surface area (Å²) >= 11 is 0. The number of fused-ring (bicyclic) bond motifs is 5. The van der Waals surface area contributed by atoms with Crippen LogP contribution in [0.1, 0.15) is 33.6 Å². The molecule has 26 heavy (non-hydrogen) atoms. The van der Waals surface area contributed by atoms with E-state index in [-0.39, 0.29) is 18.1 Å². The van der Waals surface area contributed by atoms with Gasteiger partial charge in [0, 0.05) is 24.0 Å². The van der Waals surface area contributed by atoms with E-state index in [1.807, 2.05) is 6.92 Å². The van der Waals surface area contributed by atoms with Crippen LogP contribution < -0.4 is 0 Å². The first kappa shape index (κ1) is 17.5. The Morgan fingerprint density at radius 3 is 2.77 bits per heavy atom. The molecule has 2 heterocycles. The number of esters is 2. The summed E-state index contributed by atoms with van der Waals surface area (Å²) in [6, 6.07) is 0. The second-order valence-electron chi connectivity index (χ2n) is 8.04. The average molecular weight is 360 g/mol. The second kappa shape index (κ2) is 5.30. The van der Waals surface area contributed by atoms with Gasteiger partial charge in [-0.15, -0.1) is 0 Å². The molecule has 2 aliphatic carbocycles. The Bertz CT molecular complexity index is 766. The van der Waals surface area contributed by atoms with E-state index in [0.717, 1.165) is 0 Å². The van der Waals surface area contributed by atoms with E-state index in [0.29, 0.717) is 17.6 Å². The Labute approximate surface area is 152 Å². The fraction of sp³-hybridized carbons (Fsp3) is 0.600. The minimum Gasteiger partial charge on any atom is -0.458 e. The number of rotatable bonds is 2. The van der Waals surface area contributed by atoms with Crippen LogP contribution in [0.5, 0.6) is 0 Å². The number of aliphatic hydroxyl groups is 1. The van der Waals surface area contributed by atoms with Gasteiger partial charge in [0.25, 0.3) is 0 Å². The lowest BCUT2D eigenvalue weighted by atomic mass is 9.75. The largest absolute Gasteiger partial charge is 0.458 e. The van der Waals surface area contributed by atoms with Crippen LogP contribution in [-0.4, -0.2) is 46.6 Å². The predicted octanol–water partition coefficient (Wildman–Crippen LogP) is 1.83. The van der Waals surface area contributed by atoms with Gasteiger partial charge in [-0.25, -0.2) is 9.59 Å². The van der Waals surface area contributed by atoms with Crippen molar-refractivity contribution in [3.8, 4) is 0 Å². The number of carbonyl (C=O) groups excluding carboxylic acids is 2. The summed E-state index contributed by atoms with van der Waals surface area (Å²) < 4.78 is 17.1. The molecule has 7 atom stereocenters. The third kappa shape index (κ3) is 2.12. The van der Waals surface area contributed by atoms with Crippen molar-refractivity contribution >= 4 is 11.9 Å². The minimum absolute atomic E-state index is 0.0770. The Hall–Kier alpha value is -1.92. The highest BCUT2D eigenvalue weighted by atomic mass is 16.6. The fourth-order valence-electron chi connectivity index (χ4n) is 4.96. The summed E-state index contributed by atoms with van der Waals surface area (Å²) in [5, 5.41) is 11.4. The minimum atomic E-state index is -1.21. The van der Waals surface area contributed by atoms with Crippen LogP contribution in [0.2, 0.25) is 0 Å². The third-order valence-corrected chi connectivity index (χ3v) is 6.67. The maximum atomic E-state index is 12.3. The molecular formula is C20H24O6. The lowest BCUT2D eigenvalue weighted by Crippen LogP contribution is -2.49. The first-order valence-electron chi connectivity index (χ1n) is 8.95. The third-order valence-electron chi connectivity index (χ3n) is 6.67. The van der Waals surface area contributed by atoms with Crippen molar-refractivity contribution < 1.29 is 28.9 Å². The Kier molecular flexibility index (Phi) is 3.57. The van der Waals surface area contributed by atoms with Gasteiger partial charge in [0.15, 0.2) is 0 Å². The maximum Gasteiger partial charge on any atom is 0.334 e. The number of hydrogen-bond acceptors (Lipinski definition) is 6. The molecule has 2 saturated heterocycles. The molecule has 1 N–H and O–H groups in total. The zero-order valence-electron chi connectivity index (χ0n) is 15.3. The number of ether oxygens (including phenoxy) is 3. The zero-order valence-corrected chi connectivity index (χ0v) is 15.3. The highest BCUT2D eigenvalue weighted by Gasteiger charge is 2.77. The average Bonchev–Trinajstić information content (AvgIpc) is 3.05. The molecule has 0 spiro atoms. The van der Waals surface area contributed by atoms with Crippen LogP contribution in [0.15, 0.2) is 36.0 Å². The smallest absolute Gasteiger partial charge is 0.334 e. The van der Waals surface area contributed by atoms with Crippen LogP contribution >= 0.6 is 0 Å². The first-order chi connectivity index (χ1) is 12.1. The van der Waals surface area contributed by atoms with Crippen molar-refractivity contribution in [1.82, 2.24) is 0 Å². The molecule has 4 rings (SSSR count). The molecule has 4 fully saturated rings. The van der Waals surface area contributed by atoms with Crippen molar-refractivity contribution in [2.75, 3.05) is 0 Å². The van der Waals surface area contributed by atoms with Gasteiger partial charge >= 0.3 is 11.9 Å². The summed E-state index contributed by atoms with van der Waals surface area (Å²) in [6.07, 6.45) is 0.948. The van der Waals surface area contributed by atoms with Gasteiger partial charge in [0.2, 0.25) is 0 Å². The summed E-state index contributed by atoms with van der Waals surface area (Å²) in [5.74, 6) is -1.94. The molecule has 0 aromatic heterocycles. The molecule has 140 valence electrons. The lowest BCUT2D eigenvalue weighted by molar-refractivity contribution is -0.152. The standard InChI is InChI=1S/C20H24O6/c1-6-9(2)17(21)24-12-7-10(3)20(23)8-13-19(5,26-13)16(20)15-14(12)11(4)18(22)25-15/h6,12-16,23H,3-4,7-8H2,1-2,5H3. The van der Waals surface area contributed by atoms with Gasteiger partial charge < -0.3 is 19.3 Å². The Morgan fingerprint density at radius 1 is 1.42 bits per heavy atom. The van der Waals surface area contributed by atoms with Gasteiger partial charge in [0.1, 0.15) is 17.8 Å². The molecule has 6 nitrogen and oxygen atoms in total. The van der Waals surface area contributed by atoms with Gasteiger partial charge in [-0.2, -0.15) is 0 Å². The molecule has 6 heteroatoms. The Morgan fingerprint density at radius 2 is 2.12 bits per heavy atom. The van der Waals surface area contributed by atoms with Crippen molar-refractivity contribution in [3.05, 3.63) is 36.0 Å². The van der Waals surface area contributed by atoms with E-state index in [2.05, 4.69) is 13.2 Å². The highest BCUT2D eigenvalue weighted by molar-refractivity contribution is 5.92. The molecule has 4 aliphatic rings. The van der Waals surface area contributed by atoms with Gasteiger partial charge in [-0.3, -0.25) is 0 Å². The number of allylic oxidation sites excluding steroid dienone is 1. The monoisotopic (exact) mass is 360 g/mol. The topological polar surface area (TPSA) is 85.4 Å². The first-order valence-corrected chi connectivity index (χ1v) is 8.95. The van der Waals surface area contributed by atoms with Crippen molar-refractivity contribution in [2.24, 2.45) is 11.8 Å². The molecule has 0 amide bonds. The van der Waals surface area contributed by atoms with Crippen LogP contribution in [0.4, 0.5) is 0 Å². The van der Waals surface area contributed by atoms with Crippen molar-refractivity contribution in [1.29, 1.82) is 0 Å². The molecule has 0 radical (unpaired) electrons. The maximum absolute atomic E-state index is 12.3. The van der Waals surface area contributed by atoms with E-state index in [1.54, 1.807) is 19.9 Å².